The Labute approximate surface area is 149 Å². The molecule has 1 unspecified atom stereocenters. The van der Waals surface area contributed by atoms with Crippen LogP contribution in [0.4, 0.5) is 0 Å². The molecule has 3 aromatic carbocycles. The summed E-state index contributed by atoms with van der Waals surface area (Å²) in [5, 5.41) is 1.76. The van der Waals surface area contributed by atoms with Crippen molar-refractivity contribution in [1.82, 2.24) is 10.9 Å². The number of ether oxygens (including phenoxy) is 2. The topological polar surface area (TPSA) is 76.7 Å². The van der Waals surface area contributed by atoms with E-state index in [9.17, 15) is 9.59 Å². The minimum absolute atomic E-state index is 0.0764. The van der Waals surface area contributed by atoms with Crippen molar-refractivity contribution in [1.29, 1.82) is 0 Å². The molecule has 0 bridgehead atoms. The molecule has 4 rings (SSSR count). The average Bonchev–Trinajstić information content (AvgIpc) is 2.71. The first kappa shape index (κ1) is 16.0. The number of hydrazine groups is 1. The van der Waals surface area contributed by atoms with Gasteiger partial charge in [-0.15, -0.1) is 0 Å². The largest absolute Gasteiger partial charge is 0.485 e. The normalized spacial score (nSPS) is 15.3. The van der Waals surface area contributed by atoms with Gasteiger partial charge in [0.05, 0.1) is 0 Å². The minimum atomic E-state index is -0.835. The van der Waals surface area contributed by atoms with Gasteiger partial charge in [-0.2, -0.15) is 0 Å². The molecular weight excluding hydrogens is 332 g/mol. The zero-order chi connectivity index (χ0) is 17.9. The number of carbonyl (C=O) groups is 2. The molecule has 130 valence electrons. The summed E-state index contributed by atoms with van der Waals surface area (Å²) in [6.07, 6.45) is -0.835. The predicted molar refractivity (Wildman–Crippen MR) is 95.9 cm³/mol. The van der Waals surface area contributed by atoms with Gasteiger partial charge in [0.25, 0.3) is 11.8 Å². The van der Waals surface area contributed by atoms with Crippen LogP contribution in [0.1, 0.15) is 10.4 Å². The number of carbonyl (C=O) groups excluding carboxylic acids is 2. The highest BCUT2D eigenvalue weighted by Gasteiger charge is 2.27. The third-order valence-corrected chi connectivity index (χ3v) is 4.13. The average molecular weight is 348 g/mol. The Morgan fingerprint density at radius 3 is 2.46 bits per heavy atom. The fraction of sp³-hybridized carbons (Fsp3) is 0.100. The molecule has 0 saturated heterocycles. The number of nitrogens with one attached hydrogen (secondary N) is 2. The number of fused-ring (bicyclic) bond motifs is 2. The van der Waals surface area contributed by atoms with Crippen LogP contribution in [0.2, 0.25) is 0 Å². The highest BCUT2D eigenvalue weighted by molar-refractivity contribution is 6.07. The second-order valence-electron chi connectivity index (χ2n) is 5.83. The van der Waals surface area contributed by atoms with E-state index in [1.54, 1.807) is 30.3 Å². The number of benzene rings is 3. The van der Waals surface area contributed by atoms with E-state index in [2.05, 4.69) is 10.9 Å². The van der Waals surface area contributed by atoms with Gasteiger partial charge in [-0.25, -0.2) is 0 Å². The van der Waals surface area contributed by atoms with E-state index < -0.39 is 17.9 Å². The number of para-hydroxylation sites is 2. The molecule has 6 nitrogen and oxygen atoms in total. The lowest BCUT2D eigenvalue weighted by Gasteiger charge is -2.25. The second kappa shape index (κ2) is 6.76. The van der Waals surface area contributed by atoms with Crippen LogP contribution in [0.3, 0.4) is 0 Å². The van der Waals surface area contributed by atoms with E-state index in [0.717, 1.165) is 10.8 Å². The zero-order valence-corrected chi connectivity index (χ0v) is 13.8. The molecular formula is C20H16N2O4. The van der Waals surface area contributed by atoms with Gasteiger partial charge < -0.3 is 9.47 Å². The van der Waals surface area contributed by atoms with Crippen molar-refractivity contribution >= 4 is 22.6 Å². The lowest BCUT2D eigenvalue weighted by atomic mass is 10.0. The molecule has 1 aliphatic heterocycles. The van der Waals surface area contributed by atoms with Crippen molar-refractivity contribution in [3.63, 3.8) is 0 Å². The molecule has 2 N–H and O–H groups in total. The Morgan fingerprint density at radius 1 is 0.846 bits per heavy atom. The quantitative estimate of drug-likeness (QED) is 0.698. The summed E-state index contributed by atoms with van der Waals surface area (Å²) in [6, 6.07) is 20.1. The number of rotatable bonds is 2. The van der Waals surface area contributed by atoms with Crippen LogP contribution in [-0.2, 0) is 4.79 Å². The van der Waals surface area contributed by atoms with E-state index in [4.69, 9.17) is 9.47 Å². The Kier molecular flexibility index (Phi) is 4.15. The van der Waals surface area contributed by atoms with Gasteiger partial charge in [0.1, 0.15) is 6.61 Å². The van der Waals surface area contributed by atoms with Crippen LogP contribution in [-0.4, -0.2) is 24.5 Å². The Morgan fingerprint density at radius 2 is 1.58 bits per heavy atom. The van der Waals surface area contributed by atoms with Crippen LogP contribution in [0.15, 0.2) is 66.7 Å². The molecule has 1 heterocycles. The summed E-state index contributed by atoms with van der Waals surface area (Å²) < 4.78 is 11.1. The first-order valence-electron chi connectivity index (χ1n) is 8.19. The van der Waals surface area contributed by atoms with Crippen LogP contribution in [0.25, 0.3) is 10.8 Å². The van der Waals surface area contributed by atoms with E-state index in [1.807, 2.05) is 36.4 Å². The molecule has 6 heteroatoms. The van der Waals surface area contributed by atoms with Gasteiger partial charge in [-0.1, -0.05) is 48.5 Å². The van der Waals surface area contributed by atoms with E-state index in [0.29, 0.717) is 17.1 Å². The van der Waals surface area contributed by atoms with Crippen LogP contribution >= 0.6 is 0 Å². The van der Waals surface area contributed by atoms with Crippen molar-refractivity contribution in [3.8, 4) is 11.5 Å². The maximum absolute atomic E-state index is 12.4. The maximum atomic E-state index is 12.4. The van der Waals surface area contributed by atoms with Crippen molar-refractivity contribution in [2.75, 3.05) is 6.61 Å². The van der Waals surface area contributed by atoms with Gasteiger partial charge >= 0.3 is 0 Å². The highest BCUT2D eigenvalue weighted by atomic mass is 16.6. The molecule has 0 saturated carbocycles. The van der Waals surface area contributed by atoms with Gasteiger partial charge in [-0.3, -0.25) is 20.4 Å². The maximum Gasteiger partial charge on any atom is 0.283 e. The molecule has 2 amide bonds. The molecule has 1 aliphatic rings. The SMILES string of the molecule is O=C(NNC(=O)C1COc2ccccc2O1)c1cccc2ccccc12. The van der Waals surface area contributed by atoms with Gasteiger partial charge in [0.2, 0.25) is 6.10 Å². The van der Waals surface area contributed by atoms with Crippen molar-refractivity contribution < 1.29 is 19.1 Å². The minimum Gasteiger partial charge on any atom is -0.485 e. The van der Waals surface area contributed by atoms with E-state index in [1.165, 1.54) is 0 Å². The summed E-state index contributed by atoms with van der Waals surface area (Å²) in [5.41, 5.74) is 5.32. The van der Waals surface area contributed by atoms with Gasteiger partial charge in [-0.05, 0) is 29.0 Å². The lowest BCUT2D eigenvalue weighted by molar-refractivity contribution is -0.131. The van der Waals surface area contributed by atoms with Crippen molar-refractivity contribution in [2.24, 2.45) is 0 Å². The molecule has 26 heavy (non-hydrogen) atoms. The summed E-state index contributed by atoms with van der Waals surface area (Å²) in [5.74, 6) is 0.219. The van der Waals surface area contributed by atoms with Gasteiger partial charge in [0.15, 0.2) is 11.5 Å². The number of amides is 2. The fourth-order valence-electron chi connectivity index (χ4n) is 2.84. The van der Waals surface area contributed by atoms with Gasteiger partial charge in [0, 0.05) is 5.56 Å². The molecule has 0 fully saturated rings. The molecule has 0 aliphatic carbocycles. The van der Waals surface area contributed by atoms with E-state index >= 15 is 0 Å². The van der Waals surface area contributed by atoms with Crippen LogP contribution in [0, 0.1) is 0 Å². The third-order valence-electron chi connectivity index (χ3n) is 4.13. The number of hydrogen-bond acceptors (Lipinski definition) is 4. The molecule has 0 radical (unpaired) electrons. The monoisotopic (exact) mass is 348 g/mol. The summed E-state index contributed by atoms with van der Waals surface area (Å²) in [4.78, 5) is 24.7. The molecule has 0 spiro atoms. The summed E-state index contributed by atoms with van der Waals surface area (Å²) >= 11 is 0. The fourth-order valence-corrected chi connectivity index (χ4v) is 2.84. The highest BCUT2D eigenvalue weighted by Crippen LogP contribution is 2.30. The van der Waals surface area contributed by atoms with Crippen molar-refractivity contribution in [2.45, 2.75) is 6.10 Å². The molecule has 0 aromatic heterocycles. The Bertz CT molecular complexity index is 981. The molecule has 1 atom stereocenters. The third kappa shape index (κ3) is 3.04. The standard InChI is InChI=1S/C20H16N2O4/c23-19(15-9-5-7-13-6-1-2-8-14(13)15)21-22-20(24)18-12-25-16-10-3-4-11-17(16)26-18/h1-11,18H,12H2,(H,21,23)(H,22,24). The smallest absolute Gasteiger partial charge is 0.283 e. The van der Waals surface area contributed by atoms with Crippen molar-refractivity contribution in [3.05, 3.63) is 72.3 Å². The first-order chi connectivity index (χ1) is 12.7. The summed E-state index contributed by atoms with van der Waals surface area (Å²) in [7, 11) is 0. The number of hydrogen-bond donors (Lipinski definition) is 2. The van der Waals surface area contributed by atoms with E-state index in [-0.39, 0.29) is 6.61 Å². The first-order valence-corrected chi connectivity index (χ1v) is 8.19. The predicted octanol–water partition coefficient (Wildman–Crippen LogP) is 2.44. The second-order valence-corrected chi connectivity index (χ2v) is 5.83. The Balaban J connectivity index is 1.42. The molecule has 3 aromatic rings. The zero-order valence-electron chi connectivity index (χ0n) is 13.8. The Hall–Kier alpha value is -3.54. The summed E-state index contributed by atoms with van der Waals surface area (Å²) in [6.45, 7) is 0.0764. The van der Waals surface area contributed by atoms with Crippen LogP contribution in [0.5, 0.6) is 11.5 Å². The van der Waals surface area contributed by atoms with Crippen LogP contribution < -0.4 is 20.3 Å². The lowest BCUT2D eigenvalue weighted by Crippen LogP contribution is -2.50.